The van der Waals surface area contributed by atoms with Crippen LogP contribution in [-0.2, 0) is 0 Å². The van der Waals surface area contributed by atoms with E-state index in [0.29, 0.717) is 11.1 Å². The fraction of sp³-hybridized carbons (Fsp3) is 0.0909. The summed E-state index contributed by atoms with van der Waals surface area (Å²) in [6.07, 6.45) is 0. The Bertz CT molecular complexity index is 582. The second-order valence-corrected chi connectivity index (χ2v) is 3.91. The van der Waals surface area contributed by atoms with Gasteiger partial charge in [0.15, 0.2) is 0 Å². The average Bonchev–Trinajstić information content (AvgIpc) is 2.61. The molecule has 0 aliphatic heterocycles. The highest BCUT2D eigenvalue weighted by Gasteiger charge is 2.10. The fourth-order valence-electron chi connectivity index (χ4n) is 1.46. The Morgan fingerprint density at radius 1 is 1.21 bits per heavy atom. The molecule has 2 nitrogen and oxygen atoms in total. The molecule has 0 saturated heterocycles. The van der Waals surface area contributed by atoms with Gasteiger partial charge in [-0.25, -0.2) is 0 Å². The Kier molecular flexibility index (Phi) is 1.96. The summed E-state index contributed by atoms with van der Waals surface area (Å²) < 4.78 is 1.00. The molecule has 2 rings (SSSR count). The minimum atomic E-state index is 0.602. The predicted octanol–water partition coefficient (Wildman–Crippen LogP) is 2.95. The molecule has 0 saturated carbocycles. The molecule has 0 radical (unpaired) electrons. The molecule has 0 spiro atoms. The number of hydrogen-bond acceptors (Lipinski definition) is 3. The highest BCUT2D eigenvalue weighted by molar-refractivity contribution is 7.17. The van der Waals surface area contributed by atoms with E-state index in [4.69, 9.17) is 10.5 Å². The summed E-state index contributed by atoms with van der Waals surface area (Å²) >= 11 is 1.50. The molecule has 1 aromatic heterocycles. The molecule has 14 heavy (non-hydrogen) atoms. The van der Waals surface area contributed by atoms with E-state index >= 15 is 0 Å². The summed E-state index contributed by atoms with van der Waals surface area (Å²) in [7, 11) is 0. The van der Waals surface area contributed by atoms with E-state index in [1.165, 1.54) is 11.3 Å². The molecule has 2 aromatic rings. The van der Waals surface area contributed by atoms with E-state index in [1.807, 2.05) is 19.1 Å². The highest BCUT2D eigenvalue weighted by atomic mass is 32.1. The van der Waals surface area contributed by atoms with Crippen molar-refractivity contribution in [2.24, 2.45) is 0 Å². The molecule has 1 aromatic carbocycles. The van der Waals surface area contributed by atoms with Crippen LogP contribution in [0, 0.1) is 29.6 Å². The second kappa shape index (κ2) is 3.14. The number of nitrogens with zero attached hydrogens (tertiary/aromatic N) is 2. The number of nitriles is 2. The van der Waals surface area contributed by atoms with Crippen molar-refractivity contribution in [3.8, 4) is 12.1 Å². The predicted molar refractivity (Wildman–Crippen MR) is 56.0 cm³/mol. The van der Waals surface area contributed by atoms with E-state index in [9.17, 15) is 0 Å². The lowest BCUT2D eigenvalue weighted by Gasteiger charge is -1.98. The molecular weight excluding hydrogens is 192 g/mol. The minimum absolute atomic E-state index is 0.602. The van der Waals surface area contributed by atoms with Crippen molar-refractivity contribution in [3.63, 3.8) is 0 Å². The summed E-state index contributed by atoms with van der Waals surface area (Å²) in [5, 5.41) is 20.5. The zero-order chi connectivity index (χ0) is 10.1. The summed E-state index contributed by atoms with van der Waals surface area (Å²) in [4.78, 5) is 0. The van der Waals surface area contributed by atoms with Crippen LogP contribution in [0.15, 0.2) is 17.5 Å². The molecule has 0 amide bonds. The standard InChI is InChI=1S/C11H6N2S/c1-7-2-3-10-11(9(7)5-13)8(4-12)6-14-10/h2-3,6H,1H3. The lowest BCUT2D eigenvalue weighted by atomic mass is 10.0. The molecule has 0 aliphatic rings. The topological polar surface area (TPSA) is 47.6 Å². The summed E-state index contributed by atoms with van der Waals surface area (Å²) in [5.41, 5.74) is 2.15. The minimum Gasteiger partial charge on any atom is -0.192 e. The van der Waals surface area contributed by atoms with E-state index in [1.54, 1.807) is 5.38 Å². The number of hydrogen-bond donors (Lipinski definition) is 0. The number of rotatable bonds is 0. The van der Waals surface area contributed by atoms with Crippen molar-refractivity contribution in [2.75, 3.05) is 0 Å². The Labute approximate surface area is 85.6 Å². The maximum absolute atomic E-state index is 9.00. The molecule has 0 unspecified atom stereocenters. The molecule has 3 heteroatoms. The van der Waals surface area contributed by atoms with Gasteiger partial charge in [-0.3, -0.25) is 0 Å². The van der Waals surface area contributed by atoms with Crippen LogP contribution in [0.2, 0.25) is 0 Å². The molecule has 1 heterocycles. The largest absolute Gasteiger partial charge is 0.192 e. The quantitative estimate of drug-likeness (QED) is 0.653. The maximum Gasteiger partial charge on any atom is 0.101 e. The number of thiophene rings is 1. The van der Waals surface area contributed by atoms with E-state index in [0.717, 1.165) is 15.6 Å². The highest BCUT2D eigenvalue weighted by Crippen LogP contribution is 2.30. The van der Waals surface area contributed by atoms with Gasteiger partial charge < -0.3 is 0 Å². The van der Waals surface area contributed by atoms with Crippen LogP contribution >= 0.6 is 11.3 Å². The van der Waals surface area contributed by atoms with Crippen molar-refractivity contribution in [1.82, 2.24) is 0 Å². The van der Waals surface area contributed by atoms with Gasteiger partial charge in [0, 0.05) is 15.5 Å². The average molecular weight is 198 g/mol. The van der Waals surface area contributed by atoms with Crippen molar-refractivity contribution in [2.45, 2.75) is 6.92 Å². The Morgan fingerprint density at radius 2 is 2.00 bits per heavy atom. The third-order valence-electron chi connectivity index (χ3n) is 2.18. The van der Waals surface area contributed by atoms with Gasteiger partial charge in [0.1, 0.15) is 12.1 Å². The molecular formula is C11H6N2S. The van der Waals surface area contributed by atoms with Gasteiger partial charge in [0.05, 0.1) is 11.1 Å². The van der Waals surface area contributed by atoms with Gasteiger partial charge in [-0.2, -0.15) is 10.5 Å². The molecule has 66 valence electrons. The Hall–Kier alpha value is -1.84. The van der Waals surface area contributed by atoms with E-state index < -0.39 is 0 Å². The normalized spacial score (nSPS) is 9.64. The van der Waals surface area contributed by atoms with Gasteiger partial charge in [-0.05, 0) is 18.6 Å². The van der Waals surface area contributed by atoms with Crippen molar-refractivity contribution in [3.05, 3.63) is 34.2 Å². The molecule has 0 atom stereocenters. The Morgan fingerprint density at radius 3 is 2.64 bits per heavy atom. The molecule has 0 N–H and O–H groups in total. The van der Waals surface area contributed by atoms with Gasteiger partial charge in [-0.1, -0.05) is 6.07 Å². The first-order chi connectivity index (χ1) is 6.77. The van der Waals surface area contributed by atoms with Crippen LogP contribution < -0.4 is 0 Å². The fourth-order valence-corrected chi connectivity index (χ4v) is 2.35. The van der Waals surface area contributed by atoms with Crippen molar-refractivity contribution < 1.29 is 0 Å². The second-order valence-electron chi connectivity index (χ2n) is 3.00. The SMILES string of the molecule is Cc1ccc2scc(C#N)c2c1C#N. The zero-order valence-electron chi connectivity index (χ0n) is 7.53. The third-order valence-corrected chi connectivity index (χ3v) is 3.13. The van der Waals surface area contributed by atoms with Gasteiger partial charge in [0.25, 0.3) is 0 Å². The molecule has 0 aliphatic carbocycles. The van der Waals surface area contributed by atoms with Gasteiger partial charge in [0.2, 0.25) is 0 Å². The van der Waals surface area contributed by atoms with E-state index in [-0.39, 0.29) is 0 Å². The smallest absolute Gasteiger partial charge is 0.101 e. The molecule has 0 bridgehead atoms. The van der Waals surface area contributed by atoms with Crippen molar-refractivity contribution >= 4 is 21.4 Å². The summed E-state index contributed by atoms with van der Waals surface area (Å²) in [6.45, 7) is 1.89. The first-order valence-corrected chi connectivity index (χ1v) is 4.97. The van der Waals surface area contributed by atoms with E-state index in [2.05, 4.69) is 12.1 Å². The lowest BCUT2D eigenvalue weighted by Crippen LogP contribution is -1.83. The van der Waals surface area contributed by atoms with Crippen LogP contribution in [0.25, 0.3) is 10.1 Å². The first kappa shape index (κ1) is 8.74. The first-order valence-electron chi connectivity index (χ1n) is 4.09. The number of benzene rings is 1. The lowest BCUT2D eigenvalue weighted by molar-refractivity contribution is 1.42. The van der Waals surface area contributed by atoms with Crippen LogP contribution in [0.5, 0.6) is 0 Å². The third kappa shape index (κ3) is 1.08. The summed E-state index contributed by atoms with van der Waals surface area (Å²) in [5.74, 6) is 0. The van der Waals surface area contributed by atoms with Crippen LogP contribution in [0.1, 0.15) is 16.7 Å². The van der Waals surface area contributed by atoms with Crippen LogP contribution in [0.3, 0.4) is 0 Å². The monoisotopic (exact) mass is 198 g/mol. The zero-order valence-corrected chi connectivity index (χ0v) is 8.35. The van der Waals surface area contributed by atoms with Gasteiger partial charge >= 0.3 is 0 Å². The van der Waals surface area contributed by atoms with Crippen LogP contribution in [0.4, 0.5) is 0 Å². The number of aryl methyl sites for hydroxylation is 1. The maximum atomic E-state index is 9.00. The van der Waals surface area contributed by atoms with Gasteiger partial charge in [-0.15, -0.1) is 11.3 Å². The Balaban J connectivity index is 3.00. The van der Waals surface area contributed by atoms with Crippen LogP contribution in [-0.4, -0.2) is 0 Å². The summed E-state index contributed by atoms with van der Waals surface area (Å²) in [6, 6.07) is 8.14. The molecule has 0 fully saturated rings. The number of fused-ring (bicyclic) bond motifs is 1. The van der Waals surface area contributed by atoms with Crippen molar-refractivity contribution in [1.29, 1.82) is 10.5 Å².